The Hall–Kier alpha value is -4.26. The molecule has 3 N–H and O–H groups in total. The van der Waals surface area contributed by atoms with E-state index in [-0.39, 0.29) is 18.4 Å². The summed E-state index contributed by atoms with van der Waals surface area (Å²) in [6, 6.07) is 20.0. The van der Waals surface area contributed by atoms with Gasteiger partial charge in [0.2, 0.25) is 0 Å². The number of rotatable bonds is 7. The van der Waals surface area contributed by atoms with Crippen LogP contribution in [0.15, 0.2) is 66.7 Å². The number of fused-ring (bicyclic) bond motifs is 1. The second-order valence-corrected chi connectivity index (χ2v) is 7.75. The number of nitrogens with one attached hydrogen (secondary N) is 3. The summed E-state index contributed by atoms with van der Waals surface area (Å²) in [5.41, 5.74) is 4.75. The molecule has 0 aliphatic carbocycles. The number of carbonyl (C=O) groups is 2. The third-order valence-electron chi connectivity index (χ3n) is 5.17. The Labute approximate surface area is 191 Å². The molecule has 1 aromatic heterocycles. The first-order valence-corrected chi connectivity index (χ1v) is 10.5. The van der Waals surface area contributed by atoms with Gasteiger partial charge in [0, 0.05) is 22.3 Å². The van der Waals surface area contributed by atoms with Gasteiger partial charge in [-0.25, -0.2) is 0 Å². The maximum atomic E-state index is 12.8. The molecule has 0 fully saturated rings. The zero-order valence-electron chi connectivity index (χ0n) is 18.7. The van der Waals surface area contributed by atoms with Crippen LogP contribution in [0.1, 0.15) is 21.6 Å². The van der Waals surface area contributed by atoms with E-state index in [1.54, 1.807) is 49.6 Å². The standard InChI is InChI=1S/C26H25N3O4/c1-16-11-17(2)20-14-22(29-21(20)12-16)26(31)28-19-8-6-7-18(13-19)27-25(30)15-33-24-10-5-4-9-23(24)32-3/h4-14,29H,15H2,1-3H3,(H,27,30)(H,28,31). The molecule has 1 heterocycles. The summed E-state index contributed by atoms with van der Waals surface area (Å²) in [5.74, 6) is 0.453. The highest BCUT2D eigenvalue weighted by molar-refractivity contribution is 6.06. The van der Waals surface area contributed by atoms with Gasteiger partial charge in [0.25, 0.3) is 11.8 Å². The number of aromatic amines is 1. The van der Waals surface area contributed by atoms with E-state index < -0.39 is 0 Å². The van der Waals surface area contributed by atoms with E-state index in [2.05, 4.69) is 21.7 Å². The zero-order chi connectivity index (χ0) is 23.4. The smallest absolute Gasteiger partial charge is 0.272 e. The number of carbonyl (C=O) groups excluding carboxylic acids is 2. The van der Waals surface area contributed by atoms with E-state index in [0.717, 1.165) is 22.0 Å². The Morgan fingerprint density at radius 2 is 1.61 bits per heavy atom. The topological polar surface area (TPSA) is 92.4 Å². The van der Waals surface area contributed by atoms with Crippen molar-refractivity contribution in [1.29, 1.82) is 0 Å². The van der Waals surface area contributed by atoms with Crippen LogP contribution in [0.5, 0.6) is 11.5 Å². The van der Waals surface area contributed by atoms with Crippen molar-refractivity contribution in [2.24, 2.45) is 0 Å². The van der Waals surface area contributed by atoms with Gasteiger partial charge < -0.3 is 25.1 Å². The van der Waals surface area contributed by atoms with E-state index >= 15 is 0 Å². The molecule has 7 nitrogen and oxygen atoms in total. The van der Waals surface area contributed by atoms with Gasteiger partial charge in [-0.1, -0.05) is 24.3 Å². The molecule has 0 radical (unpaired) electrons. The highest BCUT2D eigenvalue weighted by Crippen LogP contribution is 2.26. The maximum Gasteiger partial charge on any atom is 0.272 e. The number of anilines is 2. The van der Waals surface area contributed by atoms with Crippen LogP contribution < -0.4 is 20.1 Å². The lowest BCUT2D eigenvalue weighted by atomic mass is 10.1. The number of para-hydroxylation sites is 2. The molecular weight excluding hydrogens is 418 g/mol. The van der Waals surface area contributed by atoms with Crippen LogP contribution in [-0.2, 0) is 4.79 Å². The lowest BCUT2D eigenvalue weighted by molar-refractivity contribution is -0.118. The predicted molar refractivity (Wildman–Crippen MR) is 129 cm³/mol. The fourth-order valence-corrected chi connectivity index (χ4v) is 3.67. The molecule has 0 unspecified atom stereocenters. The summed E-state index contributed by atoms with van der Waals surface area (Å²) >= 11 is 0. The molecule has 0 atom stereocenters. The molecule has 4 aromatic rings. The number of ether oxygens (including phenoxy) is 2. The molecule has 2 amide bonds. The number of aryl methyl sites for hydroxylation is 2. The van der Waals surface area contributed by atoms with Crippen LogP contribution in [0.3, 0.4) is 0 Å². The number of H-pyrrole nitrogens is 1. The summed E-state index contributed by atoms with van der Waals surface area (Å²) < 4.78 is 10.8. The van der Waals surface area contributed by atoms with Crippen molar-refractivity contribution in [3.63, 3.8) is 0 Å². The van der Waals surface area contributed by atoms with Gasteiger partial charge in [-0.15, -0.1) is 0 Å². The number of methoxy groups -OCH3 is 1. The van der Waals surface area contributed by atoms with E-state index in [1.165, 1.54) is 0 Å². The van der Waals surface area contributed by atoms with Crippen molar-refractivity contribution in [3.05, 3.63) is 83.6 Å². The lowest BCUT2D eigenvalue weighted by Gasteiger charge is -2.11. The Kier molecular flexibility index (Phi) is 6.31. The van der Waals surface area contributed by atoms with Crippen molar-refractivity contribution in [3.8, 4) is 11.5 Å². The molecule has 3 aromatic carbocycles. The normalized spacial score (nSPS) is 10.6. The minimum Gasteiger partial charge on any atom is -0.493 e. The molecule has 168 valence electrons. The van der Waals surface area contributed by atoms with Crippen LogP contribution in [-0.4, -0.2) is 30.5 Å². The van der Waals surface area contributed by atoms with Gasteiger partial charge in [-0.05, 0) is 67.4 Å². The first-order chi connectivity index (χ1) is 15.9. The molecule has 33 heavy (non-hydrogen) atoms. The Balaban J connectivity index is 1.40. The van der Waals surface area contributed by atoms with Crippen LogP contribution in [0, 0.1) is 13.8 Å². The average molecular weight is 444 g/mol. The van der Waals surface area contributed by atoms with Crippen LogP contribution in [0.2, 0.25) is 0 Å². The summed E-state index contributed by atoms with van der Waals surface area (Å²) in [6.07, 6.45) is 0. The SMILES string of the molecule is COc1ccccc1OCC(=O)Nc1cccc(NC(=O)c2cc3c(C)cc(C)cc3[nH]2)c1. The quantitative estimate of drug-likeness (QED) is 0.372. The molecule has 0 bridgehead atoms. The maximum absolute atomic E-state index is 12.8. The zero-order valence-corrected chi connectivity index (χ0v) is 18.7. The monoisotopic (exact) mass is 443 g/mol. The van der Waals surface area contributed by atoms with Gasteiger partial charge in [0.15, 0.2) is 18.1 Å². The van der Waals surface area contributed by atoms with E-state index in [1.807, 2.05) is 32.0 Å². The van der Waals surface area contributed by atoms with Crippen LogP contribution in [0.4, 0.5) is 11.4 Å². The second kappa shape index (κ2) is 9.48. The van der Waals surface area contributed by atoms with Crippen molar-refractivity contribution >= 4 is 34.1 Å². The number of amides is 2. The van der Waals surface area contributed by atoms with E-state index in [9.17, 15) is 9.59 Å². The minimum absolute atomic E-state index is 0.176. The first kappa shape index (κ1) is 22.0. The molecule has 0 saturated carbocycles. The molecule has 0 aliphatic rings. The largest absolute Gasteiger partial charge is 0.493 e. The third-order valence-corrected chi connectivity index (χ3v) is 5.17. The number of hydrogen-bond donors (Lipinski definition) is 3. The summed E-state index contributed by atoms with van der Waals surface area (Å²) in [4.78, 5) is 28.3. The number of benzene rings is 3. The van der Waals surface area contributed by atoms with Crippen LogP contribution >= 0.6 is 0 Å². The summed E-state index contributed by atoms with van der Waals surface area (Å²) in [5, 5.41) is 6.66. The molecule has 7 heteroatoms. The fourth-order valence-electron chi connectivity index (χ4n) is 3.67. The average Bonchev–Trinajstić information content (AvgIpc) is 3.23. The molecule has 0 spiro atoms. The lowest BCUT2D eigenvalue weighted by Crippen LogP contribution is -2.20. The molecule has 0 saturated heterocycles. The van der Waals surface area contributed by atoms with Crippen molar-refractivity contribution in [1.82, 2.24) is 4.98 Å². The van der Waals surface area contributed by atoms with Crippen molar-refractivity contribution in [2.75, 3.05) is 24.4 Å². The van der Waals surface area contributed by atoms with E-state index in [0.29, 0.717) is 28.6 Å². The fraction of sp³-hybridized carbons (Fsp3) is 0.154. The van der Waals surface area contributed by atoms with E-state index in [4.69, 9.17) is 9.47 Å². The molecule has 4 rings (SSSR count). The molecule has 0 aliphatic heterocycles. The summed E-state index contributed by atoms with van der Waals surface area (Å²) in [6.45, 7) is 3.87. The second-order valence-electron chi connectivity index (χ2n) is 7.75. The van der Waals surface area contributed by atoms with Gasteiger partial charge in [0.05, 0.1) is 7.11 Å². The highest BCUT2D eigenvalue weighted by atomic mass is 16.5. The first-order valence-electron chi connectivity index (χ1n) is 10.5. The highest BCUT2D eigenvalue weighted by Gasteiger charge is 2.12. The van der Waals surface area contributed by atoms with Crippen LogP contribution in [0.25, 0.3) is 10.9 Å². The minimum atomic E-state index is -0.328. The third kappa shape index (κ3) is 5.15. The van der Waals surface area contributed by atoms with Gasteiger partial charge in [0.1, 0.15) is 5.69 Å². The Morgan fingerprint density at radius 1 is 0.879 bits per heavy atom. The number of hydrogen-bond acceptors (Lipinski definition) is 4. The van der Waals surface area contributed by atoms with Gasteiger partial charge in [-0.3, -0.25) is 9.59 Å². The number of aromatic nitrogens is 1. The van der Waals surface area contributed by atoms with Gasteiger partial charge in [-0.2, -0.15) is 0 Å². The molecular formula is C26H25N3O4. The van der Waals surface area contributed by atoms with Crippen molar-refractivity contribution < 1.29 is 19.1 Å². The van der Waals surface area contributed by atoms with Gasteiger partial charge >= 0.3 is 0 Å². The predicted octanol–water partition coefficient (Wildman–Crippen LogP) is 5.06. The Morgan fingerprint density at radius 3 is 2.36 bits per heavy atom. The Bertz CT molecular complexity index is 1330. The summed E-state index contributed by atoms with van der Waals surface area (Å²) in [7, 11) is 1.54. The van der Waals surface area contributed by atoms with Crippen molar-refractivity contribution in [2.45, 2.75) is 13.8 Å².